The van der Waals surface area contributed by atoms with E-state index in [0.717, 1.165) is 5.69 Å². The lowest BCUT2D eigenvalue weighted by molar-refractivity contribution is -0.129. The molecule has 2 N–H and O–H groups in total. The predicted octanol–water partition coefficient (Wildman–Crippen LogP) is 0.777. The van der Waals surface area contributed by atoms with Gasteiger partial charge in [-0.3, -0.25) is 9.78 Å². The largest absolute Gasteiger partial charge is 0.334 e. The number of carbonyl (C=O) groups excluding carboxylic acids is 1. The number of amides is 1. The highest BCUT2D eigenvalue weighted by atomic mass is 16.2. The van der Waals surface area contributed by atoms with Crippen molar-refractivity contribution in [3.63, 3.8) is 0 Å². The maximum Gasteiger partial charge on any atom is 0.223 e. The van der Waals surface area contributed by atoms with Crippen molar-refractivity contribution in [3.05, 3.63) is 30.1 Å². The van der Waals surface area contributed by atoms with Gasteiger partial charge in [0.1, 0.15) is 0 Å². The molecule has 0 spiro atoms. The van der Waals surface area contributed by atoms with Crippen LogP contribution in [-0.4, -0.2) is 28.4 Å². The fourth-order valence-electron chi connectivity index (χ4n) is 2.17. The van der Waals surface area contributed by atoms with Crippen LogP contribution in [0.25, 0.3) is 0 Å². The van der Waals surface area contributed by atoms with Gasteiger partial charge in [0.25, 0.3) is 0 Å². The second-order valence-corrected chi connectivity index (χ2v) is 4.28. The summed E-state index contributed by atoms with van der Waals surface area (Å²) in [6.07, 6.45) is 2.32. The molecule has 4 heteroatoms. The van der Waals surface area contributed by atoms with E-state index in [0.29, 0.717) is 19.5 Å². The Labute approximate surface area is 95.5 Å². The second-order valence-electron chi connectivity index (χ2n) is 4.28. The molecular weight excluding hydrogens is 202 g/mol. The number of pyridine rings is 1. The van der Waals surface area contributed by atoms with E-state index in [-0.39, 0.29) is 17.9 Å². The third-order valence-electron chi connectivity index (χ3n) is 3.29. The van der Waals surface area contributed by atoms with Crippen molar-refractivity contribution in [1.29, 1.82) is 0 Å². The van der Waals surface area contributed by atoms with Crippen molar-refractivity contribution in [3.8, 4) is 0 Å². The van der Waals surface area contributed by atoms with Crippen LogP contribution in [0.3, 0.4) is 0 Å². The SMILES string of the molecule is CC1C(CN)CC(=O)N1Cc1ccccn1. The van der Waals surface area contributed by atoms with E-state index in [1.54, 1.807) is 6.20 Å². The summed E-state index contributed by atoms with van der Waals surface area (Å²) in [5.41, 5.74) is 6.58. The minimum Gasteiger partial charge on any atom is -0.334 e. The van der Waals surface area contributed by atoms with E-state index < -0.39 is 0 Å². The summed E-state index contributed by atoms with van der Waals surface area (Å²) >= 11 is 0. The molecular formula is C12H17N3O. The molecule has 1 aromatic rings. The minimum absolute atomic E-state index is 0.189. The third kappa shape index (κ3) is 2.07. The molecule has 16 heavy (non-hydrogen) atoms. The Bertz CT molecular complexity index is 366. The Hall–Kier alpha value is -1.42. The van der Waals surface area contributed by atoms with Crippen molar-refractivity contribution in [1.82, 2.24) is 9.88 Å². The average molecular weight is 219 g/mol. The van der Waals surface area contributed by atoms with E-state index in [1.807, 2.05) is 23.1 Å². The van der Waals surface area contributed by atoms with Gasteiger partial charge < -0.3 is 10.6 Å². The van der Waals surface area contributed by atoms with E-state index in [1.165, 1.54) is 0 Å². The van der Waals surface area contributed by atoms with Gasteiger partial charge in [-0.15, -0.1) is 0 Å². The Morgan fingerprint density at radius 3 is 2.94 bits per heavy atom. The lowest BCUT2D eigenvalue weighted by Crippen LogP contribution is -2.34. The molecule has 1 amide bonds. The molecule has 0 bridgehead atoms. The first-order valence-corrected chi connectivity index (χ1v) is 5.62. The Kier molecular flexibility index (Phi) is 3.19. The Balaban J connectivity index is 2.08. The van der Waals surface area contributed by atoms with Crippen LogP contribution in [0.1, 0.15) is 19.0 Å². The molecule has 2 unspecified atom stereocenters. The molecule has 2 heterocycles. The number of nitrogens with zero attached hydrogens (tertiary/aromatic N) is 2. The molecule has 2 atom stereocenters. The van der Waals surface area contributed by atoms with Crippen LogP contribution in [0.15, 0.2) is 24.4 Å². The van der Waals surface area contributed by atoms with Crippen molar-refractivity contribution in [2.75, 3.05) is 6.54 Å². The second kappa shape index (κ2) is 4.61. The summed E-state index contributed by atoms with van der Waals surface area (Å²) in [4.78, 5) is 17.9. The van der Waals surface area contributed by atoms with Crippen LogP contribution in [0.4, 0.5) is 0 Å². The van der Waals surface area contributed by atoms with Crippen LogP contribution < -0.4 is 5.73 Å². The number of hydrogen-bond donors (Lipinski definition) is 1. The smallest absolute Gasteiger partial charge is 0.223 e. The van der Waals surface area contributed by atoms with Gasteiger partial charge in [-0.25, -0.2) is 0 Å². The van der Waals surface area contributed by atoms with E-state index in [9.17, 15) is 4.79 Å². The van der Waals surface area contributed by atoms with Crippen molar-refractivity contribution in [2.45, 2.75) is 25.9 Å². The van der Waals surface area contributed by atoms with Gasteiger partial charge in [-0.05, 0) is 25.6 Å². The van der Waals surface area contributed by atoms with Crippen molar-refractivity contribution in [2.24, 2.45) is 11.7 Å². The molecule has 4 nitrogen and oxygen atoms in total. The lowest BCUT2D eigenvalue weighted by atomic mass is 10.0. The zero-order valence-electron chi connectivity index (χ0n) is 9.47. The molecule has 0 saturated carbocycles. The highest BCUT2D eigenvalue weighted by Gasteiger charge is 2.35. The van der Waals surface area contributed by atoms with Crippen LogP contribution >= 0.6 is 0 Å². The summed E-state index contributed by atoms with van der Waals surface area (Å²) in [7, 11) is 0. The van der Waals surface area contributed by atoms with Crippen LogP contribution in [0.2, 0.25) is 0 Å². The first-order chi connectivity index (χ1) is 7.72. The maximum atomic E-state index is 11.8. The monoisotopic (exact) mass is 219 g/mol. The molecule has 1 aromatic heterocycles. The number of rotatable bonds is 3. The van der Waals surface area contributed by atoms with Gasteiger partial charge >= 0.3 is 0 Å². The van der Waals surface area contributed by atoms with E-state index in [4.69, 9.17) is 5.73 Å². The number of carbonyl (C=O) groups is 1. The number of nitrogens with two attached hydrogens (primary N) is 1. The summed E-state index contributed by atoms with van der Waals surface area (Å²) in [6, 6.07) is 5.98. The van der Waals surface area contributed by atoms with Gasteiger partial charge in [0, 0.05) is 24.6 Å². The lowest BCUT2D eigenvalue weighted by Gasteiger charge is -2.23. The molecule has 0 aliphatic carbocycles. The highest BCUT2D eigenvalue weighted by Crippen LogP contribution is 2.25. The molecule has 1 fully saturated rings. The maximum absolute atomic E-state index is 11.8. The van der Waals surface area contributed by atoms with Gasteiger partial charge in [0.15, 0.2) is 0 Å². The fraction of sp³-hybridized carbons (Fsp3) is 0.500. The number of likely N-dealkylation sites (tertiary alicyclic amines) is 1. The standard InChI is InChI=1S/C12H17N3O/c1-9-10(7-13)6-12(16)15(9)8-11-4-2-3-5-14-11/h2-5,9-10H,6-8,13H2,1H3. The molecule has 86 valence electrons. The molecule has 1 saturated heterocycles. The van der Waals surface area contributed by atoms with Crippen molar-refractivity contribution >= 4 is 5.91 Å². The zero-order valence-corrected chi connectivity index (χ0v) is 9.47. The Morgan fingerprint density at radius 2 is 2.38 bits per heavy atom. The average Bonchev–Trinajstić information content (AvgIpc) is 2.58. The molecule has 0 aromatic carbocycles. The van der Waals surface area contributed by atoms with Gasteiger partial charge in [-0.1, -0.05) is 6.07 Å². The van der Waals surface area contributed by atoms with Gasteiger partial charge in [0.05, 0.1) is 12.2 Å². The van der Waals surface area contributed by atoms with E-state index in [2.05, 4.69) is 11.9 Å². The van der Waals surface area contributed by atoms with Crippen LogP contribution in [0.5, 0.6) is 0 Å². The third-order valence-corrected chi connectivity index (χ3v) is 3.29. The highest BCUT2D eigenvalue weighted by molar-refractivity contribution is 5.79. The summed E-state index contributed by atoms with van der Waals surface area (Å²) in [5, 5.41) is 0. The van der Waals surface area contributed by atoms with Crippen LogP contribution in [-0.2, 0) is 11.3 Å². The normalized spacial score (nSPS) is 25.1. The first-order valence-electron chi connectivity index (χ1n) is 5.62. The summed E-state index contributed by atoms with van der Waals surface area (Å²) < 4.78 is 0. The van der Waals surface area contributed by atoms with Gasteiger partial charge in [-0.2, -0.15) is 0 Å². The van der Waals surface area contributed by atoms with Crippen LogP contribution in [0, 0.1) is 5.92 Å². The van der Waals surface area contributed by atoms with E-state index >= 15 is 0 Å². The predicted molar refractivity (Wildman–Crippen MR) is 61.4 cm³/mol. The topological polar surface area (TPSA) is 59.2 Å². The molecule has 2 rings (SSSR count). The van der Waals surface area contributed by atoms with Gasteiger partial charge in [0.2, 0.25) is 5.91 Å². The molecule has 1 aliphatic rings. The summed E-state index contributed by atoms with van der Waals surface area (Å²) in [5.74, 6) is 0.477. The fourth-order valence-corrected chi connectivity index (χ4v) is 2.17. The number of aromatic nitrogens is 1. The Morgan fingerprint density at radius 1 is 1.56 bits per heavy atom. The molecule has 1 aliphatic heterocycles. The first kappa shape index (κ1) is 11.1. The zero-order chi connectivity index (χ0) is 11.5. The summed E-state index contributed by atoms with van der Waals surface area (Å²) in [6.45, 7) is 3.23. The molecule has 0 radical (unpaired) electrons. The number of hydrogen-bond acceptors (Lipinski definition) is 3. The van der Waals surface area contributed by atoms with Crippen molar-refractivity contribution < 1.29 is 4.79 Å². The minimum atomic E-state index is 0.189. The quantitative estimate of drug-likeness (QED) is 0.817.